The van der Waals surface area contributed by atoms with Crippen molar-refractivity contribution in [1.29, 1.82) is 0 Å². The minimum atomic E-state index is -0.473. The van der Waals surface area contributed by atoms with Crippen molar-refractivity contribution in [1.82, 2.24) is 20.1 Å². The average molecular weight is 382 g/mol. The van der Waals surface area contributed by atoms with E-state index in [2.05, 4.69) is 10.3 Å². The van der Waals surface area contributed by atoms with Crippen LogP contribution in [-0.2, 0) is 25.6 Å². The van der Waals surface area contributed by atoms with Crippen molar-refractivity contribution in [3.8, 4) is 0 Å². The van der Waals surface area contributed by atoms with Gasteiger partial charge in [0.15, 0.2) is 0 Å². The van der Waals surface area contributed by atoms with Crippen LogP contribution in [0.5, 0.6) is 0 Å². The standard InChI is InChI=1S/C16H22N4O5S/c1-11-18-12(10-26-11)7-17-14(21)6-13-9-24-4-3-20(13)15(22)8-19-2-5-25-16(19)23/h10,13H,2-9H2,1H3,(H,17,21). The monoisotopic (exact) mass is 382 g/mol. The highest BCUT2D eigenvalue weighted by molar-refractivity contribution is 7.09. The Bertz CT molecular complexity index is 679. The van der Waals surface area contributed by atoms with Gasteiger partial charge in [0.2, 0.25) is 11.8 Å². The molecule has 2 aliphatic rings. The number of cyclic esters (lactones) is 1. The van der Waals surface area contributed by atoms with E-state index < -0.39 is 6.09 Å². The average Bonchev–Trinajstić information content (AvgIpc) is 3.22. The highest BCUT2D eigenvalue weighted by atomic mass is 32.1. The molecule has 1 N–H and O–H groups in total. The number of carbonyl (C=O) groups excluding carboxylic acids is 3. The van der Waals surface area contributed by atoms with Gasteiger partial charge >= 0.3 is 6.09 Å². The second-order valence-corrected chi connectivity index (χ2v) is 7.25. The Morgan fingerprint density at radius 3 is 2.92 bits per heavy atom. The molecule has 2 fully saturated rings. The summed E-state index contributed by atoms with van der Waals surface area (Å²) in [7, 11) is 0. The number of amides is 3. The predicted molar refractivity (Wildman–Crippen MR) is 92.6 cm³/mol. The summed E-state index contributed by atoms with van der Waals surface area (Å²) in [6.45, 7) is 4.09. The largest absolute Gasteiger partial charge is 0.448 e. The maximum atomic E-state index is 12.6. The topological polar surface area (TPSA) is 101 Å². The first-order valence-corrected chi connectivity index (χ1v) is 9.37. The second kappa shape index (κ2) is 8.45. The van der Waals surface area contributed by atoms with Gasteiger partial charge in [-0.15, -0.1) is 11.3 Å². The third kappa shape index (κ3) is 4.70. The summed E-state index contributed by atoms with van der Waals surface area (Å²) in [5.41, 5.74) is 0.821. The van der Waals surface area contributed by atoms with Crippen molar-refractivity contribution < 1.29 is 23.9 Å². The molecule has 1 unspecified atom stereocenters. The van der Waals surface area contributed by atoms with Crippen LogP contribution in [0.25, 0.3) is 0 Å². The third-order valence-corrected chi connectivity index (χ3v) is 5.10. The van der Waals surface area contributed by atoms with Crippen LogP contribution in [0.2, 0.25) is 0 Å². The summed E-state index contributed by atoms with van der Waals surface area (Å²) >= 11 is 1.53. The molecule has 9 nitrogen and oxygen atoms in total. The lowest BCUT2D eigenvalue weighted by Crippen LogP contribution is -2.53. The molecule has 0 radical (unpaired) electrons. The van der Waals surface area contributed by atoms with Gasteiger partial charge in [-0.2, -0.15) is 0 Å². The molecule has 10 heteroatoms. The zero-order chi connectivity index (χ0) is 18.5. The van der Waals surface area contributed by atoms with E-state index in [1.807, 2.05) is 12.3 Å². The number of ether oxygens (including phenoxy) is 2. The number of nitrogens with zero attached hydrogens (tertiary/aromatic N) is 3. The van der Waals surface area contributed by atoms with Gasteiger partial charge in [0.05, 0.1) is 43.0 Å². The Hall–Kier alpha value is -2.20. The summed E-state index contributed by atoms with van der Waals surface area (Å²) < 4.78 is 10.3. The number of thiazole rings is 1. The van der Waals surface area contributed by atoms with Crippen molar-refractivity contribution >= 4 is 29.2 Å². The number of aromatic nitrogens is 1. The molecule has 0 spiro atoms. The Labute approximate surface area is 155 Å². The van der Waals surface area contributed by atoms with Crippen molar-refractivity contribution in [3.63, 3.8) is 0 Å². The van der Waals surface area contributed by atoms with E-state index in [0.29, 0.717) is 39.5 Å². The normalized spacial score (nSPS) is 20.2. The van der Waals surface area contributed by atoms with Gasteiger partial charge < -0.3 is 19.7 Å². The van der Waals surface area contributed by atoms with Crippen LogP contribution in [0.3, 0.4) is 0 Å². The first kappa shape index (κ1) is 18.6. The van der Waals surface area contributed by atoms with E-state index in [1.165, 1.54) is 16.2 Å². The van der Waals surface area contributed by atoms with Crippen molar-refractivity contribution in [2.45, 2.75) is 25.9 Å². The molecular formula is C16H22N4O5S. The zero-order valence-electron chi connectivity index (χ0n) is 14.6. The fourth-order valence-corrected chi connectivity index (χ4v) is 3.55. The Morgan fingerprint density at radius 1 is 1.38 bits per heavy atom. The maximum Gasteiger partial charge on any atom is 0.410 e. The molecule has 1 aromatic rings. The Kier molecular flexibility index (Phi) is 6.04. The van der Waals surface area contributed by atoms with E-state index in [4.69, 9.17) is 9.47 Å². The van der Waals surface area contributed by atoms with Gasteiger partial charge in [0.1, 0.15) is 13.2 Å². The number of hydrogen-bond acceptors (Lipinski definition) is 7. The molecule has 26 heavy (non-hydrogen) atoms. The molecule has 142 valence electrons. The second-order valence-electron chi connectivity index (χ2n) is 6.19. The van der Waals surface area contributed by atoms with E-state index >= 15 is 0 Å². The van der Waals surface area contributed by atoms with Gasteiger partial charge in [0.25, 0.3) is 0 Å². The van der Waals surface area contributed by atoms with Crippen LogP contribution in [-0.4, -0.2) is 78.2 Å². The number of morpholine rings is 1. The molecule has 0 bridgehead atoms. The number of carbonyl (C=O) groups is 3. The van der Waals surface area contributed by atoms with E-state index in [0.717, 1.165) is 10.7 Å². The highest BCUT2D eigenvalue weighted by Gasteiger charge is 2.32. The minimum Gasteiger partial charge on any atom is -0.448 e. The molecule has 2 aliphatic heterocycles. The summed E-state index contributed by atoms with van der Waals surface area (Å²) in [5.74, 6) is -0.357. The Morgan fingerprint density at radius 2 is 2.23 bits per heavy atom. The van der Waals surface area contributed by atoms with Crippen molar-refractivity contribution in [2.75, 3.05) is 39.5 Å². The fraction of sp³-hybridized carbons (Fsp3) is 0.625. The van der Waals surface area contributed by atoms with Crippen LogP contribution < -0.4 is 5.32 Å². The zero-order valence-corrected chi connectivity index (χ0v) is 15.4. The van der Waals surface area contributed by atoms with Crippen LogP contribution in [0.1, 0.15) is 17.1 Å². The molecule has 3 heterocycles. The van der Waals surface area contributed by atoms with E-state index in [1.54, 1.807) is 4.90 Å². The molecule has 3 rings (SSSR count). The molecule has 2 saturated heterocycles. The molecular weight excluding hydrogens is 360 g/mol. The molecule has 0 aromatic carbocycles. The summed E-state index contributed by atoms with van der Waals surface area (Å²) in [5, 5.41) is 5.68. The molecule has 0 aliphatic carbocycles. The maximum absolute atomic E-state index is 12.6. The first-order valence-electron chi connectivity index (χ1n) is 8.49. The number of rotatable bonds is 6. The number of nitrogens with one attached hydrogen (secondary N) is 1. The van der Waals surface area contributed by atoms with Gasteiger partial charge in [-0.3, -0.25) is 14.5 Å². The minimum absolute atomic E-state index is 0.0327. The van der Waals surface area contributed by atoms with Crippen LogP contribution in [0.15, 0.2) is 5.38 Å². The molecule has 0 saturated carbocycles. The van der Waals surface area contributed by atoms with Gasteiger partial charge in [-0.1, -0.05) is 0 Å². The smallest absolute Gasteiger partial charge is 0.410 e. The quantitative estimate of drug-likeness (QED) is 0.751. The predicted octanol–water partition coefficient (Wildman–Crippen LogP) is 0.137. The first-order chi connectivity index (χ1) is 12.5. The van der Waals surface area contributed by atoms with Crippen molar-refractivity contribution in [3.05, 3.63) is 16.1 Å². The van der Waals surface area contributed by atoms with Crippen LogP contribution in [0.4, 0.5) is 4.79 Å². The van der Waals surface area contributed by atoms with Gasteiger partial charge in [-0.05, 0) is 6.92 Å². The summed E-state index contributed by atoms with van der Waals surface area (Å²) in [6, 6.07) is -0.341. The molecule has 1 atom stereocenters. The number of aryl methyl sites for hydroxylation is 1. The molecule has 3 amide bonds. The fourth-order valence-electron chi connectivity index (χ4n) is 2.94. The van der Waals surface area contributed by atoms with Crippen LogP contribution in [0, 0.1) is 6.92 Å². The SMILES string of the molecule is Cc1nc(CNC(=O)CC2COCCN2C(=O)CN2CCOC2=O)cs1. The third-order valence-electron chi connectivity index (χ3n) is 4.27. The van der Waals surface area contributed by atoms with Crippen LogP contribution >= 0.6 is 11.3 Å². The highest BCUT2D eigenvalue weighted by Crippen LogP contribution is 2.13. The van der Waals surface area contributed by atoms with Gasteiger partial charge in [-0.25, -0.2) is 9.78 Å². The van der Waals surface area contributed by atoms with E-state index in [-0.39, 0.29) is 30.8 Å². The summed E-state index contributed by atoms with van der Waals surface area (Å²) in [4.78, 5) is 43.6. The van der Waals surface area contributed by atoms with Crippen molar-refractivity contribution in [2.24, 2.45) is 0 Å². The Balaban J connectivity index is 1.51. The lowest BCUT2D eigenvalue weighted by Gasteiger charge is -2.36. The van der Waals surface area contributed by atoms with E-state index in [9.17, 15) is 14.4 Å². The lowest BCUT2D eigenvalue weighted by molar-refractivity contribution is -0.142. The summed E-state index contributed by atoms with van der Waals surface area (Å²) in [6.07, 6.45) is -0.321. The van der Waals surface area contributed by atoms with Gasteiger partial charge in [0, 0.05) is 18.3 Å². The number of hydrogen-bond donors (Lipinski definition) is 1. The molecule has 1 aromatic heterocycles. The lowest BCUT2D eigenvalue weighted by atomic mass is 10.1.